The molecule has 3 atom stereocenters. The summed E-state index contributed by atoms with van der Waals surface area (Å²) in [5.74, 6) is 1.01. The van der Waals surface area contributed by atoms with Gasteiger partial charge in [0.1, 0.15) is 6.10 Å². The van der Waals surface area contributed by atoms with E-state index in [2.05, 4.69) is 32.3 Å². The van der Waals surface area contributed by atoms with Gasteiger partial charge >= 0.3 is 0 Å². The molecule has 0 aromatic heterocycles. The van der Waals surface area contributed by atoms with Crippen LogP contribution in [0.15, 0.2) is 36.9 Å². The number of amides is 1. The number of thioether (sulfide) groups is 1. The van der Waals surface area contributed by atoms with Crippen molar-refractivity contribution in [2.45, 2.75) is 57.1 Å². The molecule has 1 amide bonds. The summed E-state index contributed by atoms with van der Waals surface area (Å²) in [7, 11) is 0. The van der Waals surface area contributed by atoms with Crippen molar-refractivity contribution in [3.8, 4) is 0 Å². The predicted molar refractivity (Wildman–Crippen MR) is 107 cm³/mol. The molecule has 1 saturated heterocycles. The lowest BCUT2D eigenvalue weighted by atomic mass is 9.99. The number of carbonyl (C=O) groups excluding carboxylic acids is 1. The van der Waals surface area contributed by atoms with E-state index in [1.165, 1.54) is 0 Å². The quantitative estimate of drug-likeness (QED) is 0.586. The molecular weight excluding hydrogens is 354 g/mol. The molecule has 5 heteroatoms. The lowest BCUT2D eigenvalue weighted by Gasteiger charge is -2.44. The van der Waals surface area contributed by atoms with Gasteiger partial charge in [-0.1, -0.05) is 50.6 Å². The smallest absolute Gasteiger partial charge is 0.252 e. The number of benzene rings is 1. The van der Waals surface area contributed by atoms with Gasteiger partial charge in [-0.25, -0.2) is 0 Å². The topological polar surface area (TPSA) is 29.5 Å². The minimum atomic E-state index is -0.417. The highest BCUT2D eigenvalue weighted by molar-refractivity contribution is 7.99. The number of halogens is 1. The third-order valence-electron chi connectivity index (χ3n) is 4.44. The number of morpholine rings is 1. The maximum atomic E-state index is 13.1. The Morgan fingerprint density at radius 2 is 2.08 bits per heavy atom. The first-order chi connectivity index (χ1) is 12.0. The van der Waals surface area contributed by atoms with Crippen LogP contribution >= 0.6 is 23.4 Å². The van der Waals surface area contributed by atoms with Crippen molar-refractivity contribution in [3.05, 3.63) is 47.5 Å². The Kier molecular flexibility index (Phi) is 7.85. The highest BCUT2D eigenvalue weighted by atomic mass is 35.5. The third-order valence-corrected chi connectivity index (χ3v) is 5.94. The molecule has 1 aromatic carbocycles. The summed E-state index contributed by atoms with van der Waals surface area (Å²) in [5, 5.41) is 1.24. The number of hydrogen-bond acceptors (Lipinski definition) is 3. The summed E-state index contributed by atoms with van der Waals surface area (Å²) in [5.41, 5.74) is 1.07. The molecule has 25 heavy (non-hydrogen) atoms. The van der Waals surface area contributed by atoms with E-state index in [9.17, 15) is 4.79 Å². The van der Waals surface area contributed by atoms with E-state index in [0.717, 1.165) is 17.7 Å². The van der Waals surface area contributed by atoms with Crippen molar-refractivity contribution >= 4 is 29.3 Å². The molecule has 138 valence electrons. The van der Waals surface area contributed by atoms with Crippen LogP contribution in [0, 0.1) is 0 Å². The zero-order valence-electron chi connectivity index (χ0n) is 15.3. The van der Waals surface area contributed by atoms with E-state index in [0.29, 0.717) is 23.3 Å². The fourth-order valence-corrected chi connectivity index (χ4v) is 4.20. The molecule has 0 N–H and O–H groups in total. The lowest BCUT2D eigenvalue weighted by molar-refractivity contribution is -0.163. The van der Waals surface area contributed by atoms with E-state index in [4.69, 9.17) is 16.3 Å². The molecule has 1 fully saturated rings. The zero-order chi connectivity index (χ0) is 18.4. The molecule has 0 saturated carbocycles. The summed E-state index contributed by atoms with van der Waals surface area (Å²) in [6.45, 7) is 10.8. The first-order valence-electron chi connectivity index (χ1n) is 8.89. The van der Waals surface area contributed by atoms with Gasteiger partial charge in [-0.05, 0) is 29.4 Å². The Balaban J connectivity index is 2.30. The highest BCUT2D eigenvalue weighted by Crippen LogP contribution is 2.33. The molecule has 1 heterocycles. The molecule has 3 nitrogen and oxygen atoms in total. The summed E-state index contributed by atoms with van der Waals surface area (Å²) < 4.78 is 5.88. The maximum absolute atomic E-state index is 13.1. The third kappa shape index (κ3) is 5.25. The second kappa shape index (κ2) is 9.65. The van der Waals surface area contributed by atoms with E-state index in [1.54, 1.807) is 6.08 Å². The number of carbonyl (C=O) groups is 1. The second-order valence-electron chi connectivity index (χ2n) is 6.60. The first-order valence-corrected chi connectivity index (χ1v) is 10.3. The van der Waals surface area contributed by atoms with Crippen LogP contribution in [0.5, 0.6) is 0 Å². The predicted octanol–water partition coefficient (Wildman–Crippen LogP) is 5.10. The fourth-order valence-electron chi connectivity index (χ4n) is 3.07. The van der Waals surface area contributed by atoms with Crippen LogP contribution < -0.4 is 0 Å². The Morgan fingerprint density at radius 3 is 2.64 bits per heavy atom. The number of nitrogens with zero attached hydrogens (tertiary/aromatic N) is 1. The van der Waals surface area contributed by atoms with E-state index < -0.39 is 6.10 Å². The summed E-state index contributed by atoms with van der Waals surface area (Å²) >= 11 is 7.93. The SMILES string of the molecule is C=CCC1OCC(c2ccc(Cl)cc2)N(C(CC)CSC(C)C)C1=O. The fraction of sp³-hybridized carbons (Fsp3) is 0.550. The van der Waals surface area contributed by atoms with Crippen molar-refractivity contribution in [2.75, 3.05) is 12.4 Å². The minimum Gasteiger partial charge on any atom is -0.366 e. The molecule has 1 aliphatic heterocycles. The van der Waals surface area contributed by atoms with Crippen LogP contribution in [0.25, 0.3) is 0 Å². The van der Waals surface area contributed by atoms with Gasteiger partial charge in [0.2, 0.25) is 0 Å². The molecule has 0 radical (unpaired) electrons. The summed E-state index contributed by atoms with van der Waals surface area (Å²) in [4.78, 5) is 15.2. The average Bonchev–Trinajstić information content (AvgIpc) is 2.59. The van der Waals surface area contributed by atoms with Gasteiger partial charge in [-0.2, -0.15) is 11.8 Å². The molecule has 1 aliphatic rings. The highest BCUT2D eigenvalue weighted by Gasteiger charge is 2.39. The lowest BCUT2D eigenvalue weighted by Crippen LogP contribution is -2.54. The Bertz CT molecular complexity index is 576. The van der Waals surface area contributed by atoms with Crippen molar-refractivity contribution in [3.63, 3.8) is 0 Å². The Hall–Kier alpha value is -0.970. The molecule has 0 bridgehead atoms. The van der Waals surface area contributed by atoms with Gasteiger partial charge in [0.15, 0.2) is 0 Å². The van der Waals surface area contributed by atoms with Crippen molar-refractivity contribution in [2.24, 2.45) is 0 Å². The van der Waals surface area contributed by atoms with Crippen LogP contribution in [-0.2, 0) is 9.53 Å². The maximum Gasteiger partial charge on any atom is 0.252 e. The van der Waals surface area contributed by atoms with Crippen molar-refractivity contribution in [1.82, 2.24) is 4.90 Å². The number of hydrogen-bond donors (Lipinski definition) is 0. The minimum absolute atomic E-state index is 0.0662. The standard InChI is InChI=1S/C20H28ClNO2S/c1-5-7-19-20(23)22(17(6-2)13-25-14(3)4)18(12-24-19)15-8-10-16(21)11-9-15/h5,8-11,14,17-19H,1,6-7,12-13H2,2-4H3. The number of rotatable bonds is 8. The van der Waals surface area contributed by atoms with Crippen LogP contribution in [0.2, 0.25) is 5.02 Å². The molecule has 2 rings (SSSR count). The van der Waals surface area contributed by atoms with Gasteiger partial charge in [-0.3, -0.25) is 4.79 Å². The average molecular weight is 382 g/mol. The molecule has 3 unspecified atom stereocenters. The first kappa shape index (κ1) is 20.3. The Morgan fingerprint density at radius 1 is 1.40 bits per heavy atom. The van der Waals surface area contributed by atoms with E-state index in [1.807, 2.05) is 36.0 Å². The van der Waals surface area contributed by atoms with Gasteiger partial charge in [0.05, 0.1) is 12.6 Å². The molecule has 0 aliphatic carbocycles. The molecule has 1 aromatic rings. The zero-order valence-corrected chi connectivity index (χ0v) is 16.9. The normalized spacial score (nSPS) is 22.3. The van der Waals surface area contributed by atoms with Gasteiger partial charge < -0.3 is 9.64 Å². The van der Waals surface area contributed by atoms with E-state index >= 15 is 0 Å². The summed E-state index contributed by atoms with van der Waals surface area (Å²) in [6, 6.07) is 7.86. The monoisotopic (exact) mass is 381 g/mol. The van der Waals surface area contributed by atoms with Crippen LogP contribution in [0.1, 0.15) is 45.2 Å². The Labute approximate surface area is 160 Å². The molecule has 0 spiro atoms. The van der Waals surface area contributed by atoms with Gasteiger partial charge in [0, 0.05) is 23.2 Å². The van der Waals surface area contributed by atoms with E-state index in [-0.39, 0.29) is 18.0 Å². The second-order valence-corrected chi connectivity index (χ2v) is 8.65. The van der Waals surface area contributed by atoms with Crippen molar-refractivity contribution < 1.29 is 9.53 Å². The largest absolute Gasteiger partial charge is 0.366 e. The van der Waals surface area contributed by atoms with Crippen LogP contribution in [-0.4, -0.2) is 40.6 Å². The van der Waals surface area contributed by atoms with Crippen LogP contribution in [0.4, 0.5) is 0 Å². The van der Waals surface area contributed by atoms with Gasteiger partial charge in [-0.15, -0.1) is 6.58 Å². The number of ether oxygens (including phenoxy) is 1. The summed E-state index contributed by atoms with van der Waals surface area (Å²) in [6.07, 6.45) is 2.82. The molecular formula is C20H28ClNO2S. The van der Waals surface area contributed by atoms with Crippen LogP contribution in [0.3, 0.4) is 0 Å². The van der Waals surface area contributed by atoms with Gasteiger partial charge in [0.25, 0.3) is 5.91 Å². The van der Waals surface area contributed by atoms with Crippen molar-refractivity contribution in [1.29, 1.82) is 0 Å².